The summed E-state index contributed by atoms with van der Waals surface area (Å²) in [6.45, 7) is 0.130. The van der Waals surface area contributed by atoms with E-state index in [0.717, 1.165) is 20.1 Å². The number of hydrogen-bond acceptors (Lipinski definition) is 4. The lowest BCUT2D eigenvalue weighted by atomic mass is 10.2. The Balaban J connectivity index is 1.46. The van der Waals surface area contributed by atoms with Crippen molar-refractivity contribution in [3.8, 4) is 11.5 Å². The van der Waals surface area contributed by atoms with Gasteiger partial charge in [0.1, 0.15) is 23.1 Å². The fourth-order valence-corrected chi connectivity index (χ4v) is 4.24. The molecule has 166 valence electrons. The van der Waals surface area contributed by atoms with Crippen LogP contribution in [0.2, 0.25) is 15.1 Å². The lowest BCUT2D eigenvalue weighted by Crippen LogP contribution is -2.24. The molecule has 1 amide bonds. The zero-order valence-corrected chi connectivity index (χ0v) is 21.7. The SMILES string of the molecule is O=C(COc1cc(Cl)cc(Cl)c1Cl)N/N=C\c1ccc(OCc2ccc(Br)cc2Br)cc1. The minimum Gasteiger partial charge on any atom is -0.489 e. The van der Waals surface area contributed by atoms with E-state index < -0.39 is 5.91 Å². The van der Waals surface area contributed by atoms with Gasteiger partial charge in [0, 0.05) is 25.6 Å². The summed E-state index contributed by atoms with van der Waals surface area (Å²) in [6.07, 6.45) is 1.51. The highest BCUT2D eigenvalue weighted by atomic mass is 79.9. The monoisotopic (exact) mass is 618 g/mol. The molecule has 0 fully saturated rings. The standard InChI is InChI=1S/C22H15Br2Cl3N2O3/c23-15-4-3-14(18(24)7-15)11-31-17-5-1-13(2-6-17)10-28-29-21(30)12-32-20-9-16(25)8-19(26)22(20)27/h1-10H,11-12H2,(H,29,30)/b28-10-. The summed E-state index contributed by atoms with van der Waals surface area (Å²) in [5, 5.41) is 4.69. The summed E-state index contributed by atoms with van der Waals surface area (Å²) in [5.41, 5.74) is 4.20. The third-order valence-electron chi connectivity index (χ3n) is 4.01. The van der Waals surface area contributed by atoms with Crippen LogP contribution in [-0.4, -0.2) is 18.7 Å². The molecule has 32 heavy (non-hydrogen) atoms. The van der Waals surface area contributed by atoms with Crippen LogP contribution in [0.1, 0.15) is 11.1 Å². The van der Waals surface area contributed by atoms with E-state index in [1.165, 1.54) is 18.3 Å². The second-order valence-electron chi connectivity index (χ2n) is 6.38. The van der Waals surface area contributed by atoms with Gasteiger partial charge in [0.2, 0.25) is 0 Å². The molecule has 10 heteroatoms. The van der Waals surface area contributed by atoms with E-state index in [0.29, 0.717) is 17.4 Å². The van der Waals surface area contributed by atoms with E-state index in [4.69, 9.17) is 44.3 Å². The molecule has 1 N–H and O–H groups in total. The van der Waals surface area contributed by atoms with Gasteiger partial charge in [0.15, 0.2) is 6.61 Å². The van der Waals surface area contributed by atoms with Crippen LogP contribution in [0.15, 0.2) is 68.6 Å². The van der Waals surface area contributed by atoms with Crippen LogP contribution in [-0.2, 0) is 11.4 Å². The molecule has 0 heterocycles. The number of benzene rings is 3. The van der Waals surface area contributed by atoms with Crippen molar-refractivity contribution in [2.24, 2.45) is 5.10 Å². The predicted octanol–water partition coefficient (Wildman–Crippen LogP) is 7.28. The van der Waals surface area contributed by atoms with Crippen LogP contribution in [0, 0.1) is 0 Å². The number of halogens is 5. The fraction of sp³-hybridized carbons (Fsp3) is 0.0909. The zero-order valence-electron chi connectivity index (χ0n) is 16.2. The molecule has 0 saturated carbocycles. The Hall–Kier alpha value is -1.77. The number of carbonyl (C=O) groups excluding carboxylic acids is 1. The number of nitrogens with zero attached hydrogens (tertiary/aromatic N) is 1. The maximum atomic E-state index is 11.9. The van der Waals surface area contributed by atoms with Crippen molar-refractivity contribution in [1.82, 2.24) is 5.43 Å². The van der Waals surface area contributed by atoms with E-state index in [1.807, 2.05) is 42.5 Å². The molecule has 3 rings (SSSR count). The predicted molar refractivity (Wildman–Crippen MR) is 135 cm³/mol. The molecule has 0 aromatic heterocycles. The topological polar surface area (TPSA) is 59.9 Å². The first-order valence-corrected chi connectivity index (χ1v) is 11.8. The minimum absolute atomic E-state index is 0.183. The molecule has 3 aromatic rings. The highest BCUT2D eigenvalue weighted by Gasteiger charge is 2.10. The quantitative estimate of drug-likeness (QED) is 0.163. The van der Waals surface area contributed by atoms with Crippen molar-refractivity contribution >= 4 is 78.8 Å². The number of nitrogens with one attached hydrogen (secondary N) is 1. The molecule has 0 aliphatic carbocycles. The van der Waals surface area contributed by atoms with Crippen LogP contribution in [0.3, 0.4) is 0 Å². The highest BCUT2D eigenvalue weighted by Crippen LogP contribution is 2.35. The van der Waals surface area contributed by atoms with Crippen molar-refractivity contribution in [3.63, 3.8) is 0 Å². The molecule has 0 aliphatic rings. The zero-order chi connectivity index (χ0) is 23.1. The third kappa shape index (κ3) is 7.39. The van der Waals surface area contributed by atoms with Crippen molar-refractivity contribution in [2.45, 2.75) is 6.61 Å². The Bertz CT molecular complexity index is 1140. The Morgan fingerprint density at radius 1 is 1.00 bits per heavy atom. The molecule has 0 spiro atoms. The lowest BCUT2D eigenvalue weighted by Gasteiger charge is -2.09. The number of rotatable bonds is 8. The summed E-state index contributed by atoms with van der Waals surface area (Å²) < 4.78 is 13.1. The van der Waals surface area contributed by atoms with Crippen molar-refractivity contribution in [2.75, 3.05) is 6.61 Å². The average Bonchev–Trinajstić information content (AvgIpc) is 2.75. The van der Waals surface area contributed by atoms with E-state index in [9.17, 15) is 4.79 Å². The molecule has 0 aliphatic heterocycles. The first-order valence-electron chi connectivity index (χ1n) is 9.08. The van der Waals surface area contributed by atoms with Crippen molar-refractivity contribution in [3.05, 3.63) is 89.7 Å². The summed E-state index contributed by atoms with van der Waals surface area (Å²) in [5.74, 6) is 0.467. The average molecular weight is 622 g/mol. The smallest absolute Gasteiger partial charge is 0.277 e. The van der Waals surface area contributed by atoms with Crippen LogP contribution < -0.4 is 14.9 Å². The molecule has 3 aromatic carbocycles. The summed E-state index contributed by atoms with van der Waals surface area (Å²) in [6, 6.07) is 16.2. The molecule has 0 bridgehead atoms. The van der Waals surface area contributed by atoms with Gasteiger partial charge in [0.25, 0.3) is 5.91 Å². The van der Waals surface area contributed by atoms with Crippen molar-refractivity contribution in [1.29, 1.82) is 0 Å². The summed E-state index contributed by atoms with van der Waals surface area (Å²) in [7, 11) is 0. The first-order chi connectivity index (χ1) is 15.3. The van der Waals surface area contributed by atoms with Crippen LogP contribution >= 0.6 is 66.7 Å². The van der Waals surface area contributed by atoms with Gasteiger partial charge < -0.3 is 9.47 Å². The Kier molecular flexibility index (Phi) is 9.25. The fourth-order valence-electron chi connectivity index (χ4n) is 2.44. The Morgan fingerprint density at radius 2 is 1.75 bits per heavy atom. The number of hydrazone groups is 1. The van der Waals surface area contributed by atoms with Crippen molar-refractivity contribution < 1.29 is 14.3 Å². The second kappa shape index (κ2) is 11.9. The Morgan fingerprint density at radius 3 is 2.47 bits per heavy atom. The molecular weight excluding hydrogens is 606 g/mol. The van der Waals surface area contributed by atoms with Gasteiger partial charge in [-0.15, -0.1) is 0 Å². The van der Waals surface area contributed by atoms with Gasteiger partial charge in [-0.2, -0.15) is 5.10 Å². The largest absolute Gasteiger partial charge is 0.489 e. The van der Waals surface area contributed by atoms with E-state index in [1.54, 1.807) is 0 Å². The molecule has 5 nitrogen and oxygen atoms in total. The molecular formula is C22H15Br2Cl3N2O3. The van der Waals surface area contributed by atoms with Gasteiger partial charge in [-0.1, -0.05) is 72.7 Å². The Labute approximate surface area is 216 Å². The molecule has 0 atom stereocenters. The maximum absolute atomic E-state index is 11.9. The third-order valence-corrected chi connectivity index (χ3v) is 6.25. The van der Waals surface area contributed by atoms with Crippen LogP contribution in [0.25, 0.3) is 0 Å². The summed E-state index contributed by atoms with van der Waals surface area (Å²) >= 11 is 24.8. The maximum Gasteiger partial charge on any atom is 0.277 e. The van der Waals surface area contributed by atoms with E-state index >= 15 is 0 Å². The van der Waals surface area contributed by atoms with Gasteiger partial charge in [-0.3, -0.25) is 4.79 Å². The number of amides is 1. The van der Waals surface area contributed by atoms with E-state index in [-0.39, 0.29) is 22.4 Å². The highest BCUT2D eigenvalue weighted by molar-refractivity contribution is 9.11. The molecule has 0 radical (unpaired) electrons. The lowest BCUT2D eigenvalue weighted by molar-refractivity contribution is -0.123. The number of ether oxygens (including phenoxy) is 2. The van der Waals surface area contributed by atoms with Crippen LogP contribution in [0.5, 0.6) is 11.5 Å². The van der Waals surface area contributed by atoms with E-state index in [2.05, 4.69) is 42.4 Å². The van der Waals surface area contributed by atoms with Gasteiger partial charge in [0.05, 0.1) is 11.2 Å². The number of hydrogen-bond donors (Lipinski definition) is 1. The number of carbonyl (C=O) groups is 1. The molecule has 0 saturated heterocycles. The van der Waals surface area contributed by atoms with Gasteiger partial charge in [-0.25, -0.2) is 5.43 Å². The summed E-state index contributed by atoms with van der Waals surface area (Å²) in [4.78, 5) is 11.9. The minimum atomic E-state index is -0.464. The van der Waals surface area contributed by atoms with Gasteiger partial charge in [-0.05, 0) is 48.0 Å². The molecule has 0 unspecified atom stereocenters. The van der Waals surface area contributed by atoms with Gasteiger partial charge >= 0.3 is 0 Å². The first kappa shape index (κ1) is 24.9. The second-order valence-corrected chi connectivity index (χ2v) is 9.37. The normalized spacial score (nSPS) is 10.9. The van der Waals surface area contributed by atoms with Crippen LogP contribution in [0.4, 0.5) is 0 Å².